The monoisotopic (exact) mass is 247 g/mol. The molecule has 0 saturated heterocycles. The number of nitrogens with zero attached hydrogens (tertiary/aromatic N) is 2. The van der Waals surface area contributed by atoms with Gasteiger partial charge in [0.25, 0.3) is 0 Å². The van der Waals surface area contributed by atoms with Gasteiger partial charge in [-0.2, -0.15) is 0 Å². The van der Waals surface area contributed by atoms with Crippen molar-refractivity contribution in [3.8, 4) is 0 Å². The first kappa shape index (κ1) is 12.0. The van der Waals surface area contributed by atoms with Crippen molar-refractivity contribution in [1.82, 2.24) is 15.3 Å². The molecule has 1 atom stereocenters. The summed E-state index contributed by atoms with van der Waals surface area (Å²) >= 11 is 6.16. The Hall–Kier alpha value is -1.45. The Morgan fingerprint density at radius 1 is 1.35 bits per heavy atom. The molecule has 0 bridgehead atoms. The van der Waals surface area contributed by atoms with E-state index >= 15 is 0 Å². The van der Waals surface area contributed by atoms with E-state index in [2.05, 4.69) is 21.4 Å². The molecule has 0 fully saturated rings. The molecule has 0 aliphatic heterocycles. The van der Waals surface area contributed by atoms with Crippen LogP contribution in [-0.4, -0.2) is 17.0 Å². The molecular weight excluding hydrogens is 234 g/mol. The van der Waals surface area contributed by atoms with Crippen molar-refractivity contribution in [3.63, 3.8) is 0 Å². The minimum absolute atomic E-state index is 0.0314. The highest BCUT2D eigenvalue weighted by Crippen LogP contribution is 2.25. The highest BCUT2D eigenvalue weighted by Gasteiger charge is 2.16. The predicted octanol–water partition coefficient (Wildman–Crippen LogP) is 2.75. The number of halogens is 1. The van der Waals surface area contributed by atoms with Crippen molar-refractivity contribution in [3.05, 3.63) is 58.6 Å². The summed E-state index contributed by atoms with van der Waals surface area (Å²) in [5.74, 6) is 0. The van der Waals surface area contributed by atoms with Crippen molar-refractivity contribution in [1.29, 1.82) is 0 Å². The Bertz CT molecular complexity index is 514. The molecule has 1 unspecified atom stereocenters. The highest BCUT2D eigenvalue weighted by molar-refractivity contribution is 6.31. The molecule has 0 saturated carbocycles. The zero-order valence-electron chi connectivity index (χ0n) is 9.81. The summed E-state index contributed by atoms with van der Waals surface area (Å²) in [6, 6.07) is 5.72. The Kier molecular flexibility index (Phi) is 3.71. The number of aromatic nitrogens is 2. The van der Waals surface area contributed by atoms with Gasteiger partial charge in [0.15, 0.2) is 0 Å². The van der Waals surface area contributed by atoms with Crippen LogP contribution in [0.2, 0.25) is 5.02 Å². The SMILES string of the molecule is CNC(c1cncc(C)c1)c1ncccc1Cl. The number of hydrogen-bond acceptors (Lipinski definition) is 3. The van der Waals surface area contributed by atoms with E-state index in [1.807, 2.05) is 38.5 Å². The molecule has 0 aliphatic rings. The van der Waals surface area contributed by atoms with Crippen LogP contribution in [0.5, 0.6) is 0 Å². The minimum atomic E-state index is -0.0314. The normalized spacial score (nSPS) is 12.4. The quantitative estimate of drug-likeness (QED) is 0.906. The van der Waals surface area contributed by atoms with E-state index in [4.69, 9.17) is 11.6 Å². The average molecular weight is 248 g/mol. The molecule has 0 amide bonds. The molecule has 4 heteroatoms. The maximum absolute atomic E-state index is 6.16. The summed E-state index contributed by atoms with van der Waals surface area (Å²) in [5.41, 5.74) is 3.01. The molecule has 2 heterocycles. The van der Waals surface area contributed by atoms with Crippen molar-refractivity contribution in [2.75, 3.05) is 7.05 Å². The maximum Gasteiger partial charge on any atom is 0.0804 e. The lowest BCUT2D eigenvalue weighted by Crippen LogP contribution is -2.19. The lowest BCUT2D eigenvalue weighted by Gasteiger charge is -2.17. The first-order chi connectivity index (χ1) is 8.22. The van der Waals surface area contributed by atoms with Gasteiger partial charge in [-0.3, -0.25) is 9.97 Å². The maximum atomic E-state index is 6.16. The number of hydrogen-bond donors (Lipinski definition) is 1. The third-order valence-electron chi connectivity index (χ3n) is 2.58. The molecule has 2 rings (SSSR count). The average Bonchev–Trinajstić information content (AvgIpc) is 2.33. The van der Waals surface area contributed by atoms with Crippen LogP contribution in [0.15, 0.2) is 36.8 Å². The lowest BCUT2D eigenvalue weighted by molar-refractivity contribution is 0.668. The molecule has 0 spiro atoms. The van der Waals surface area contributed by atoms with E-state index in [0.717, 1.165) is 16.8 Å². The van der Waals surface area contributed by atoms with Crippen molar-refractivity contribution in [2.24, 2.45) is 0 Å². The summed E-state index contributed by atoms with van der Waals surface area (Å²) in [5, 5.41) is 3.88. The smallest absolute Gasteiger partial charge is 0.0804 e. The van der Waals surface area contributed by atoms with Gasteiger partial charge in [0.1, 0.15) is 0 Å². The first-order valence-corrected chi connectivity index (χ1v) is 5.79. The molecular formula is C13H14ClN3. The minimum Gasteiger partial charge on any atom is -0.308 e. The molecule has 2 aromatic rings. The molecule has 1 N–H and O–H groups in total. The second-order valence-corrected chi connectivity index (χ2v) is 4.29. The summed E-state index contributed by atoms with van der Waals surface area (Å²) < 4.78 is 0. The lowest BCUT2D eigenvalue weighted by atomic mass is 10.0. The number of pyridine rings is 2. The van der Waals surface area contributed by atoms with E-state index < -0.39 is 0 Å². The fourth-order valence-electron chi connectivity index (χ4n) is 1.81. The third kappa shape index (κ3) is 2.62. The second-order valence-electron chi connectivity index (χ2n) is 3.89. The third-order valence-corrected chi connectivity index (χ3v) is 2.90. The van der Waals surface area contributed by atoms with Gasteiger partial charge < -0.3 is 5.32 Å². The van der Waals surface area contributed by atoms with Gasteiger partial charge in [0.2, 0.25) is 0 Å². The first-order valence-electron chi connectivity index (χ1n) is 5.41. The Morgan fingerprint density at radius 3 is 2.82 bits per heavy atom. The fourth-order valence-corrected chi connectivity index (χ4v) is 2.04. The summed E-state index contributed by atoms with van der Waals surface area (Å²) in [7, 11) is 1.89. The van der Waals surface area contributed by atoms with E-state index in [-0.39, 0.29) is 6.04 Å². The van der Waals surface area contributed by atoms with Crippen molar-refractivity contribution in [2.45, 2.75) is 13.0 Å². The van der Waals surface area contributed by atoms with Crippen LogP contribution in [0, 0.1) is 6.92 Å². The van der Waals surface area contributed by atoms with Gasteiger partial charge in [0, 0.05) is 18.6 Å². The predicted molar refractivity (Wildman–Crippen MR) is 69.1 cm³/mol. The number of rotatable bonds is 3. The zero-order valence-corrected chi connectivity index (χ0v) is 10.6. The molecule has 0 aliphatic carbocycles. The summed E-state index contributed by atoms with van der Waals surface area (Å²) in [4.78, 5) is 8.53. The molecule has 0 radical (unpaired) electrons. The van der Waals surface area contributed by atoms with Crippen LogP contribution < -0.4 is 5.32 Å². The van der Waals surface area contributed by atoms with Crippen LogP contribution >= 0.6 is 11.6 Å². The zero-order chi connectivity index (χ0) is 12.3. The topological polar surface area (TPSA) is 37.8 Å². The largest absolute Gasteiger partial charge is 0.308 e. The van der Waals surface area contributed by atoms with Crippen LogP contribution in [0.25, 0.3) is 0 Å². The van der Waals surface area contributed by atoms with Gasteiger partial charge in [-0.15, -0.1) is 0 Å². The van der Waals surface area contributed by atoms with Gasteiger partial charge in [0.05, 0.1) is 16.8 Å². The van der Waals surface area contributed by atoms with Crippen LogP contribution in [-0.2, 0) is 0 Å². The second kappa shape index (κ2) is 5.25. The van der Waals surface area contributed by atoms with Gasteiger partial charge in [-0.05, 0) is 37.2 Å². The molecule has 3 nitrogen and oxygen atoms in total. The Balaban J connectivity index is 2.44. The van der Waals surface area contributed by atoms with E-state index in [0.29, 0.717) is 5.02 Å². The summed E-state index contributed by atoms with van der Waals surface area (Å²) in [6.07, 6.45) is 5.41. The molecule has 2 aromatic heterocycles. The molecule has 17 heavy (non-hydrogen) atoms. The van der Waals surface area contributed by atoms with Crippen LogP contribution in [0.3, 0.4) is 0 Å². The van der Waals surface area contributed by atoms with Crippen LogP contribution in [0.4, 0.5) is 0 Å². The summed E-state index contributed by atoms with van der Waals surface area (Å²) in [6.45, 7) is 2.02. The Morgan fingerprint density at radius 2 is 2.18 bits per heavy atom. The van der Waals surface area contributed by atoms with Crippen LogP contribution in [0.1, 0.15) is 22.9 Å². The highest BCUT2D eigenvalue weighted by atomic mass is 35.5. The van der Waals surface area contributed by atoms with E-state index in [9.17, 15) is 0 Å². The van der Waals surface area contributed by atoms with E-state index in [1.54, 1.807) is 6.20 Å². The fraction of sp³-hybridized carbons (Fsp3) is 0.231. The molecule has 88 valence electrons. The molecule has 0 aromatic carbocycles. The Labute approximate surface area is 106 Å². The van der Waals surface area contributed by atoms with Gasteiger partial charge in [-0.1, -0.05) is 17.7 Å². The number of aryl methyl sites for hydroxylation is 1. The number of nitrogens with one attached hydrogen (secondary N) is 1. The van der Waals surface area contributed by atoms with Crippen molar-refractivity contribution >= 4 is 11.6 Å². The van der Waals surface area contributed by atoms with Crippen molar-refractivity contribution < 1.29 is 0 Å². The van der Waals surface area contributed by atoms with Gasteiger partial charge in [-0.25, -0.2) is 0 Å². The standard InChI is InChI=1S/C13H14ClN3/c1-9-6-10(8-16-7-9)12(15-2)13-11(14)4-3-5-17-13/h3-8,12,15H,1-2H3. The van der Waals surface area contributed by atoms with Gasteiger partial charge >= 0.3 is 0 Å². The van der Waals surface area contributed by atoms with E-state index in [1.165, 1.54) is 0 Å².